The van der Waals surface area contributed by atoms with Gasteiger partial charge in [0.1, 0.15) is 0 Å². The zero-order valence-electron chi connectivity index (χ0n) is 18.3. The van der Waals surface area contributed by atoms with Gasteiger partial charge in [0.2, 0.25) is 0 Å². The molecule has 1 aromatic carbocycles. The van der Waals surface area contributed by atoms with Gasteiger partial charge in [-0.05, 0) is 31.4 Å². The van der Waals surface area contributed by atoms with Crippen molar-refractivity contribution in [1.82, 2.24) is 15.5 Å². The fourth-order valence-corrected chi connectivity index (χ4v) is 4.73. The van der Waals surface area contributed by atoms with Crippen molar-refractivity contribution < 1.29 is 13.2 Å². The summed E-state index contributed by atoms with van der Waals surface area (Å²) in [6.45, 7) is 11.9. The van der Waals surface area contributed by atoms with Gasteiger partial charge in [0.15, 0.2) is 15.8 Å². The lowest BCUT2D eigenvalue weighted by atomic mass is 10.0. The normalized spacial score (nSPS) is 16.7. The minimum atomic E-state index is -3.24. The number of ether oxygens (including phenoxy) is 1. The number of benzene rings is 1. The second kappa shape index (κ2) is 14.2. The van der Waals surface area contributed by atoms with Crippen LogP contribution in [0, 0.1) is 5.92 Å². The van der Waals surface area contributed by atoms with Gasteiger partial charge in [-0.3, -0.25) is 9.89 Å². The van der Waals surface area contributed by atoms with Gasteiger partial charge < -0.3 is 15.4 Å². The fraction of sp³-hybridized carbons (Fsp3) is 0.667. The van der Waals surface area contributed by atoms with Crippen LogP contribution in [0.2, 0.25) is 0 Å². The molecule has 0 radical (unpaired) electrons. The molecule has 2 rings (SSSR count). The van der Waals surface area contributed by atoms with Gasteiger partial charge in [0, 0.05) is 32.2 Å². The zero-order chi connectivity index (χ0) is 21.1. The van der Waals surface area contributed by atoms with Gasteiger partial charge in [-0.2, -0.15) is 0 Å². The molecule has 1 heterocycles. The highest BCUT2D eigenvalue weighted by molar-refractivity contribution is 14.0. The van der Waals surface area contributed by atoms with Crippen molar-refractivity contribution >= 4 is 39.8 Å². The molecular weight excluding hydrogens is 515 g/mol. The monoisotopic (exact) mass is 552 g/mol. The summed E-state index contributed by atoms with van der Waals surface area (Å²) in [7, 11) is -3.24. The third kappa shape index (κ3) is 9.07. The Labute approximate surface area is 199 Å². The van der Waals surface area contributed by atoms with Crippen LogP contribution in [-0.2, 0) is 14.6 Å². The number of aliphatic imine (C=N–C) groups is 1. The standard InChI is InChI=1S/C21H36N4O3S.HI/c1-4-22-21(24-17-20(18(2)3)25-12-14-28-15-13-25)23-11-8-16-29(26,27)19-9-6-5-7-10-19;/h5-7,9-10,18,20H,4,8,11-17H2,1-3H3,(H2,22,23,24);1H. The highest BCUT2D eigenvalue weighted by Gasteiger charge is 2.23. The predicted molar refractivity (Wildman–Crippen MR) is 134 cm³/mol. The second-order valence-corrected chi connectivity index (χ2v) is 9.70. The first-order valence-corrected chi connectivity index (χ1v) is 12.2. The van der Waals surface area contributed by atoms with Gasteiger partial charge in [-0.25, -0.2) is 8.42 Å². The summed E-state index contributed by atoms with van der Waals surface area (Å²) in [5, 5.41) is 6.53. The van der Waals surface area contributed by atoms with E-state index in [1.807, 2.05) is 13.0 Å². The van der Waals surface area contributed by atoms with Crippen LogP contribution in [0.25, 0.3) is 0 Å². The van der Waals surface area contributed by atoms with Crippen molar-refractivity contribution in [3.63, 3.8) is 0 Å². The van der Waals surface area contributed by atoms with Gasteiger partial charge in [-0.15, -0.1) is 24.0 Å². The quantitative estimate of drug-likeness (QED) is 0.201. The number of guanidine groups is 1. The van der Waals surface area contributed by atoms with Crippen LogP contribution in [0.5, 0.6) is 0 Å². The Bertz CT molecular complexity index is 723. The SMILES string of the molecule is CCNC(=NCC(C(C)C)N1CCOCC1)NCCCS(=O)(=O)c1ccccc1.I. The van der Waals surface area contributed by atoms with Crippen molar-refractivity contribution in [2.75, 3.05) is 51.7 Å². The van der Waals surface area contributed by atoms with E-state index in [2.05, 4.69) is 29.4 Å². The second-order valence-electron chi connectivity index (χ2n) is 7.59. The molecule has 9 heteroatoms. The summed E-state index contributed by atoms with van der Waals surface area (Å²) in [5.41, 5.74) is 0. The van der Waals surface area contributed by atoms with E-state index in [9.17, 15) is 8.42 Å². The summed E-state index contributed by atoms with van der Waals surface area (Å²) >= 11 is 0. The highest BCUT2D eigenvalue weighted by atomic mass is 127. The molecule has 0 aliphatic carbocycles. The number of hydrogen-bond acceptors (Lipinski definition) is 5. The lowest BCUT2D eigenvalue weighted by molar-refractivity contribution is 0.00867. The van der Waals surface area contributed by atoms with Crippen molar-refractivity contribution in [2.24, 2.45) is 10.9 Å². The van der Waals surface area contributed by atoms with Gasteiger partial charge in [-0.1, -0.05) is 32.0 Å². The topological polar surface area (TPSA) is 83.0 Å². The number of halogens is 1. The first-order chi connectivity index (χ1) is 13.9. The Morgan fingerprint density at radius 2 is 1.83 bits per heavy atom. The molecule has 0 saturated carbocycles. The molecule has 172 valence electrons. The van der Waals surface area contributed by atoms with E-state index in [4.69, 9.17) is 9.73 Å². The van der Waals surface area contributed by atoms with Crippen LogP contribution in [0.3, 0.4) is 0 Å². The largest absolute Gasteiger partial charge is 0.379 e. The van der Waals surface area contributed by atoms with Crippen LogP contribution in [0.4, 0.5) is 0 Å². The third-order valence-electron chi connectivity index (χ3n) is 5.05. The Morgan fingerprint density at radius 1 is 1.17 bits per heavy atom. The zero-order valence-corrected chi connectivity index (χ0v) is 21.5. The van der Waals surface area contributed by atoms with Crippen LogP contribution in [0.15, 0.2) is 40.2 Å². The van der Waals surface area contributed by atoms with Crippen LogP contribution in [0.1, 0.15) is 27.2 Å². The van der Waals surface area contributed by atoms with E-state index < -0.39 is 9.84 Å². The Balaban J connectivity index is 0.00000450. The van der Waals surface area contributed by atoms with E-state index in [1.54, 1.807) is 24.3 Å². The Kier molecular flexibility index (Phi) is 12.8. The number of hydrogen-bond donors (Lipinski definition) is 2. The van der Waals surface area contributed by atoms with Crippen LogP contribution < -0.4 is 10.6 Å². The lowest BCUT2D eigenvalue weighted by Crippen LogP contribution is -2.48. The maximum Gasteiger partial charge on any atom is 0.191 e. The van der Waals surface area contributed by atoms with E-state index in [0.717, 1.165) is 38.8 Å². The summed E-state index contributed by atoms with van der Waals surface area (Å²) in [6, 6.07) is 8.98. The molecular formula is C21H37IN4O3S. The fourth-order valence-electron chi connectivity index (χ4n) is 3.40. The maximum absolute atomic E-state index is 12.4. The molecule has 30 heavy (non-hydrogen) atoms. The summed E-state index contributed by atoms with van der Waals surface area (Å²) in [4.78, 5) is 7.60. The number of rotatable bonds is 10. The molecule has 0 aromatic heterocycles. The number of nitrogens with zero attached hydrogens (tertiary/aromatic N) is 2. The third-order valence-corrected chi connectivity index (χ3v) is 6.87. The average molecular weight is 553 g/mol. The number of nitrogens with one attached hydrogen (secondary N) is 2. The van der Waals surface area contributed by atoms with E-state index in [0.29, 0.717) is 36.4 Å². The minimum Gasteiger partial charge on any atom is -0.379 e. The summed E-state index contributed by atoms with van der Waals surface area (Å²) in [6.07, 6.45) is 0.527. The molecule has 1 aromatic rings. The van der Waals surface area contributed by atoms with Crippen LogP contribution >= 0.6 is 24.0 Å². The minimum absolute atomic E-state index is 0. The Morgan fingerprint density at radius 3 is 2.43 bits per heavy atom. The molecule has 1 fully saturated rings. The van der Waals surface area contributed by atoms with Crippen molar-refractivity contribution in [2.45, 2.75) is 38.1 Å². The molecule has 0 spiro atoms. The van der Waals surface area contributed by atoms with Gasteiger partial charge in [0.25, 0.3) is 0 Å². The first kappa shape index (κ1) is 27.1. The van der Waals surface area contributed by atoms with Crippen molar-refractivity contribution in [3.8, 4) is 0 Å². The molecule has 1 aliphatic heterocycles. The molecule has 2 N–H and O–H groups in total. The number of morpholine rings is 1. The number of sulfone groups is 1. The smallest absolute Gasteiger partial charge is 0.191 e. The first-order valence-electron chi connectivity index (χ1n) is 10.6. The molecule has 1 atom stereocenters. The Hall–Kier alpha value is -0.910. The van der Waals surface area contributed by atoms with E-state index >= 15 is 0 Å². The maximum atomic E-state index is 12.4. The van der Waals surface area contributed by atoms with Crippen LogP contribution in [-0.4, -0.2) is 77.0 Å². The molecule has 1 saturated heterocycles. The van der Waals surface area contributed by atoms with Crippen molar-refractivity contribution in [3.05, 3.63) is 30.3 Å². The van der Waals surface area contributed by atoms with Gasteiger partial charge >= 0.3 is 0 Å². The predicted octanol–water partition coefficient (Wildman–Crippen LogP) is 2.38. The average Bonchev–Trinajstić information content (AvgIpc) is 2.72. The van der Waals surface area contributed by atoms with E-state index in [-0.39, 0.29) is 29.7 Å². The summed E-state index contributed by atoms with van der Waals surface area (Å²) < 4.78 is 30.2. The van der Waals surface area contributed by atoms with Crippen molar-refractivity contribution in [1.29, 1.82) is 0 Å². The molecule has 1 unspecified atom stereocenters. The molecule has 0 amide bonds. The molecule has 0 bridgehead atoms. The molecule has 1 aliphatic rings. The summed E-state index contributed by atoms with van der Waals surface area (Å²) in [5.74, 6) is 1.35. The highest BCUT2D eigenvalue weighted by Crippen LogP contribution is 2.13. The lowest BCUT2D eigenvalue weighted by Gasteiger charge is -2.36. The van der Waals surface area contributed by atoms with E-state index in [1.165, 1.54) is 0 Å². The molecule has 7 nitrogen and oxygen atoms in total. The van der Waals surface area contributed by atoms with Gasteiger partial charge in [0.05, 0.1) is 30.4 Å².